The molecule has 3 saturated carbocycles. The van der Waals surface area contributed by atoms with Crippen molar-refractivity contribution in [2.24, 2.45) is 11.3 Å². The van der Waals surface area contributed by atoms with E-state index in [0.717, 1.165) is 25.2 Å². The molecule has 58 valence electrons. The van der Waals surface area contributed by atoms with E-state index in [2.05, 4.69) is 0 Å². The van der Waals surface area contributed by atoms with Gasteiger partial charge in [-0.25, -0.2) is 8.42 Å². The van der Waals surface area contributed by atoms with E-state index in [1.807, 2.05) is 0 Å². The van der Waals surface area contributed by atoms with Crippen LogP contribution in [0.4, 0.5) is 0 Å². The summed E-state index contributed by atoms with van der Waals surface area (Å²) >= 11 is 0. The molecular formula is C6H9ClO2S. The monoisotopic (exact) mass is 180 g/mol. The molecule has 0 amide bonds. The molecule has 0 saturated heterocycles. The first-order chi connectivity index (χ1) is 4.49. The summed E-state index contributed by atoms with van der Waals surface area (Å²) in [5.41, 5.74) is 0.130. The van der Waals surface area contributed by atoms with Crippen LogP contribution in [0.3, 0.4) is 0 Å². The molecule has 3 aliphatic rings. The van der Waals surface area contributed by atoms with Crippen LogP contribution in [0.2, 0.25) is 0 Å². The predicted molar refractivity (Wildman–Crippen MR) is 39.4 cm³/mol. The minimum atomic E-state index is -3.23. The zero-order valence-electron chi connectivity index (χ0n) is 5.51. The van der Waals surface area contributed by atoms with Crippen molar-refractivity contribution in [3.8, 4) is 0 Å². The van der Waals surface area contributed by atoms with E-state index in [9.17, 15) is 8.42 Å². The van der Waals surface area contributed by atoms with Gasteiger partial charge in [-0.2, -0.15) is 0 Å². The molecule has 0 aliphatic heterocycles. The van der Waals surface area contributed by atoms with Crippen molar-refractivity contribution in [1.29, 1.82) is 0 Å². The summed E-state index contributed by atoms with van der Waals surface area (Å²) in [6.07, 6.45) is 3.29. The lowest BCUT2D eigenvalue weighted by Crippen LogP contribution is -2.54. The maximum absolute atomic E-state index is 10.6. The summed E-state index contributed by atoms with van der Waals surface area (Å²) in [5, 5.41) is 0. The standard InChI is InChI=1S/C6H9ClO2S/c7-10(8,9)4-6-1-5(2-6)3-6/h5H,1-4H2. The SMILES string of the molecule is O=S(=O)(Cl)CC12CC(C1)C2. The van der Waals surface area contributed by atoms with Crippen LogP contribution in [0.5, 0.6) is 0 Å². The number of hydrogen-bond donors (Lipinski definition) is 0. The van der Waals surface area contributed by atoms with Crippen molar-refractivity contribution in [2.75, 3.05) is 5.75 Å². The Bertz CT molecular complexity index is 240. The summed E-state index contributed by atoms with van der Waals surface area (Å²) in [6.45, 7) is 0. The molecule has 0 radical (unpaired) electrons. The average Bonchev–Trinajstić information content (AvgIpc) is 1.48. The van der Waals surface area contributed by atoms with Crippen LogP contribution < -0.4 is 0 Å². The molecule has 0 aromatic rings. The van der Waals surface area contributed by atoms with Gasteiger partial charge in [0.2, 0.25) is 9.05 Å². The number of halogens is 1. The minimum Gasteiger partial charge on any atom is -0.212 e. The second kappa shape index (κ2) is 1.69. The molecule has 0 aromatic heterocycles. The molecule has 0 atom stereocenters. The largest absolute Gasteiger partial charge is 0.233 e. The van der Waals surface area contributed by atoms with Crippen molar-refractivity contribution in [2.45, 2.75) is 19.3 Å². The fourth-order valence-corrected chi connectivity index (χ4v) is 3.98. The molecular weight excluding hydrogens is 172 g/mol. The van der Waals surface area contributed by atoms with E-state index in [4.69, 9.17) is 10.7 Å². The molecule has 2 nitrogen and oxygen atoms in total. The van der Waals surface area contributed by atoms with Gasteiger partial charge in [-0.1, -0.05) is 0 Å². The van der Waals surface area contributed by atoms with Gasteiger partial charge in [-0.05, 0) is 30.6 Å². The van der Waals surface area contributed by atoms with E-state index < -0.39 is 9.05 Å². The van der Waals surface area contributed by atoms with E-state index >= 15 is 0 Å². The molecule has 3 fully saturated rings. The Labute approximate surface area is 65.0 Å². The lowest BCUT2D eigenvalue weighted by Gasteiger charge is -2.61. The van der Waals surface area contributed by atoms with Gasteiger partial charge >= 0.3 is 0 Å². The Kier molecular flexibility index (Phi) is 1.17. The summed E-state index contributed by atoms with van der Waals surface area (Å²) in [5.74, 6) is 1.04. The van der Waals surface area contributed by atoms with Gasteiger partial charge in [0.15, 0.2) is 0 Å². The zero-order valence-corrected chi connectivity index (χ0v) is 7.08. The first-order valence-corrected chi connectivity index (χ1v) is 5.89. The molecule has 3 rings (SSSR count). The summed E-state index contributed by atoms with van der Waals surface area (Å²) in [4.78, 5) is 0. The third-order valence-corrected chi connectivity index (χ3v) is 3.93. The van der Waals surface area contributed by atoms with Crippen molar-refractivity contribution in [3.05, 3.63) is 0 Å². The highest BCUT2D eigenvalue weighted by Gasteiger charge is 2.57. The van der Waals surface area contributed by atoms with Gasteiger partial charge in [-0.15, -0.1) is 0 Å². The van der Waals surface area contributed by atoms with Gasteiger partial charge in [0.25, 0.3) is 0 Å². The first kappa shape index (κ1) is 6.92. The number of hydrogen-bond acceptors (Lipinski definition) is 2. The topological polar surface area (TPSA) is 34.1 Å². The third kappa shape index (κ3) is 0.957. The van der Waals surface area contributed by atoms with Crippen LogP contribution >= 0.6 is 10.7 Å². The quantitative estimate of drug-likeness (QED) is 0.602. The summed E-state index contributed by atoms with van der Waals surface area (Å²) < 4.78 is 21.3. The minimum absolute atomic E-state index is 0.130. The van der Waals surface area contributed by atoms with Crippen LogP contribution in [0.15, 0.2) is 0 Å². The van der Waals surface area contributed by atoms with Gasteiger partial charge in [0, 0.05) is 10.7 Å². The van der Waals surface area contributed by atoms with Crippen LogP contribution in [-0.2, 0) is 9.05 Å². The molecule has 0 spiro atoms. The van der Waals surface area contributed by atoms with Crippen molar-refractivity contribution < 1.29 is 8.42 Å². The van der Waals surface area contributed by atoms with Gasteiger partial charge < -0.3 is 0 Å². The molecule has 0 N–H and O–H groups in total. The molecule has 3 aliphatic carbocycles. The normalized spacial score (nSPS) is 43.9. The van der Waals surface area contributed by atoms with E-state index in [1.54, 1.807) is 0 Å². The summed E-state index contributed by atoms with van der Waals surface area (Å²) in [7, 11) is 1.89. The van der Waals surface area contributed by atoms with Gasteiger partial charge in [0.05, 0.1) is 5.75 Å². The molecule has 10 heavy (non-hydrogen) atoms. The maximum atomic E-state index is 10.6. The number of rotatable bonds is 2. The highest BCUT2D eigenvalue weighted by molar-refractivity contribution is 8.13. The molecule has 0 heterocycles. The van der Waals surface area contributed by atoms with Crippen molar-refractivity contribution in [3.63, 3.8) is 0 Å². The molecule has 4 heteroatoms. The summed E-state index contributed by atoms with van der Waals surface area (Å²) in [6, 6.07) is 0. The smallest absolute Gasteiger partial charge is 0.212 e. The molecule has 0 unspecified atom stereocenters. The Morgan fingerprint density at radius 1 is 1.40 bits per heavy atom. The average molecular weight is 181 g/mol. The Morgan fingerprint density at radius 3 is 2.00 bits per heavy atom. The second-order valence-corrected chi connectivity index (χ2v) is 6.44. The Hall–Kier alpha value is 0.240. The fourth-order valence-electron chi connectivity index (χ4n) is 2.20. The van der Waals surface area contributed by atoms with Crippen LogP contribution in [0, 0.1) is 11.3 Å². The van der Waals surface area contributed by atoms with Crippen LogP contribution in [0.25, 0.3) is 0 Å². The zero-order chi connectivity index (χ0) is 7.41. The highest BCUT2D eigenvalue weighted by Crippen LogP contribution is 2.64. The first-order valence-electron chi connectivity index (χ1n) is 3.42. The third-order valence-electron chi connectivity index (χ3n) is 2.64. The highest BCUT2D eigenvalue weighted by atomic mass is 35.7. The lowest BCUT2D eigenvalue weighted by molar-refractivity contribution is -0.0845. The second-order valence-electron chi connectivity index (χ2n) is 3.66. The van der Waals surface area contributed by atoms with Gasteiger partial charge in [0.1, 0.15) is 0 Å². The van der Waals surface area contributed by atoms with E-state index in [-0.39, 0.29) is 11.2 Å². The Balaban J connectivity index is 2.03. The lowest BCUT2D eigenvalue weighted by atomic mass is 9.45. The van der Waals surface area contributed by atoms with E-state index in [1.165, 1.54) is 0 Å². The molecule has 2 bridgehead atoms. The van der Waals surface area contributed by atoms with Crippen LogP contribution in [-0.4, -0.2) is 14.2 Å². The fraction of sp³-hybridized carbons (Fsp3) is 1.00. The maximum Gasteiger partial charge on any atom is 0.233 e. The van der Waals surface area contributed by atoms with Gasteiger partial charge in [-0.3, -0.25) is 0 Å². The van der Waals surface area contributed by atoms with E-state index in [0.29, 0.717) is 0 Å². The van der Waals surface area contributed by atoms with Crippen molar-refractivity contribution in [1.82, 2.24) is 0 Å². The predicted octanol–water partition coefficient (Wildman–Crippen LogP) is 1.36. The Morgan fingerprint density at radius 2 is 1.90 bits per heavy atom. The van der Waals surface area contributed by atoms with Crippen molar-refractivity contribution >= 4 is 19.7 Å². The van der Waals surface area contributed by atoms with Crippen LogP contribution in [0.1, 0.15) is 19.3 Å². The molecule has 0 aromatic carbocycles.